The highest BCUT2D eigenvalue weighted by Crippen LogP contribution is 2.22. The molecule has 1 aromatic carbocycles. The van der Waals surface area contributed by atoms with Crippen LogP contribution in [0.15, 0.2) is 42.6 Å². The summed E-state index contributed by atoms with van der Waals surface area (Å²) in [6.45, 7) is 2.19. The van der Waals surface area contributed by atoms with Gasteiger partial charge < -0.3 is 10.1 Å². The van der Waals surface area contributed by atoms with E-state index >= 15 is 0 Å². The number of ether oxygens (including phenoxy) is 1. The van der Waals surface area contributed by atoms with E-state index in [1.54, 1.807) is 42.6 Å². The zero-order valence-corrected chi connectivity index (χ0v) is 13.7. The highest BCUT2D eigenvalue weighted by Gasteiger charge is 2.36. The summed E-state index contributed by atoms with van der Waals surface area (Å²) in [5, 5.41) is 2.69. The molecule has 1 aliphatic rings. The predicted molar refractivity (Wildman–Crippen MR) is 89.1 cm³/mol. The summed E-state index contributed by atoms with van der Waals surface area (Å²) in [6, 6.07) is 10.1. The van der Waals surface area contributed by atoms with E-state index in [0.29, 0.717) is 23.6 Å². The van der Waals surface area contributed by atoms with Crippen LogP contribution in [0.25, 0.3) is 0 Å². The highest BCUT2D eigenvalue weighted by molar-refractivity contribution is 6.22. The molecule has 7 nitrogen and oxygen atoms in total. The molecule has 0 atom stereocenters. The third-order valence-corrected chi connectivity index (χ3v) is 3.79. The summed E-state index contributed by atoms with van der Waals surface area (Å²) in [7, 11) is 0. The minimum Gasteiger partial charge on any atom is -0.478 e. The van der Waals surface area contributed by atoms with Crippen LogP contribution >= 0.6 is 0 Å². The van der Waals surface area contributed by atoms with Gasteiger partial charge in [-0.2, -0.15) is 0 Å². The molecule has 0 saturated carbocycles. The van der Waals surface area contributed by atoms with Crippen molar-refractivity contribution in [2.45, 2.75) is 13.5 Å². The number of rotatable bonds is 6. The molecule has 0 bridgehead atoms. The molecular weight excluding hydrogens is 322 g/mol. The van der Waals surface area contributed by atoms with E-state index in [4.69, 9.17) is 4.74 Å². The van der Waals surface area contributed by atoms with E-state index in [9.17, 15) is 14.4 Å². The van der Waals surface area contributed by atoms with Crippen molar-refractivity contribution < 1.29 is 19.1 Å². The number of hydrogen-bond acceptors (Lipinski definition) is 5. The van der Waals surface area contributed by atoms with Crippen molar-refractivity contribution in [2.75, 3.05) is 13.2 Å². The zero-order chi connectivity index (χ0) is 17.8. The van der Waals surface area contributed by atoms with Crippen molar-refractivity contribution >= 4 is 17.7 Å². The summed E-state index contributed by atoms with van der Waals surface area (Å²) in [5.74, 6) is -0.883. The molecule has 2 aromatic rings. The third kappa shape index (κ3) is 3.35. The molecule has 1 aromatic heterocycles. The number of benzene rings is 1. The van der Waals surface area contributed by atoms with Crippen molar-refractivity contribution in [1.29, 1.82) is 0 Å². The fourth-order valence-electron chi connectivity index (χ4n) is 2.60. The number of nitrogens with zero attached hydrogens (tertiary/aromatic N) is 2. The molecule has 25 heavy (non-hydrogen) atoms. The Balaban J connectivity index is 1.63. The molecule has 0 fully saturated rings. The molecule has 1 N–H and O–H groups in total. The smallest absolute Gasteiger partial charge is 0.262 e. The van der Waals surface area contributed by atoms with Crippen LogP contribution in [0.3, 0.4) is 0 Å². The Bertz CT molecular complexity index is 800. The molecule has 0 saturated heterocycles. The molecule has 0 unspecified atom stereocenters. The van der Waals surface area contributed by atoms with E-state index in [1.807, 2.05) is 6.92 Å². The van der Waals surface area contributed by atoms with Gasteiger partial charge in [0.25, 0.3) is 11.8 Å². The van der Waals surface area contributed by atoms with E-state index in [1.165, 1.54) is 0 Å². The van der Waals surface area contributed by atoms with Crippen LogP contribution in [0.2, 0.25) is 0 Å². The van der Waals surface area contributed by atoms with Gasteiger partial charge in [-0.05, 0) is 25.1 Å². The second kappa shape index (κ2) is 7.12. The lowest BCUT2D eigenvalue weighted by atomic mass is 10.1. The number of aromatic nitrogens is 1. The Morgan fingerprint density at radius 1 is 1.12 bits per heavy atom. The number of pyridine rings is 1. The van der Waals surface area contributed by atoms with E-state index in [0.717, 1.165) is 10.5 Å². The molecule has 3 amide bonds. The second-order valence-electron chi connectivity index (χ2n) is 5.42. The zero-order valence-electron chi connectivity index (χ0n) is 13.7. The summed E-state index contributed by atoms with van der Waals surface area (Å²) in [6.07, 6.45) is 1.61. The van der Waals surface area contributed by atoms with Gasteiger partial charge >= 0.3 is 0 Å². The van der Waals surface area contributed by atoms with Gasteiger partial charge in [-0.1, -0.05) is 18.2 Å². The monoisotopic (exact) mass is 339 g/mol. The number of amides is 3. The molecule has 7 heteroatoms. The predicted octanol–water partition coefficient (Wildman–Crippen LogP) is 1.39. The summed E-state index contributed by atoms with van der Waals surface area (Å²) in [5.41, 5.74) is 1.37. The van der Waals surface area contributed by atoms with Gasteiger partial charge in [-0.15, -0.1) is 0 Å². The molecule has 128 valence electrons. The largest absolute Gasteiger partial charge is 0.478 e. The van der Waals surface area contributed by atoms with Gasteiger partial charge in [0.15, 0.2) is 0 Å². The number of imide groups is 1. The Kier molecular flexibility index (Phi) is 4.74. The molecule has 0 radical (unpaired) electrons. The Labute approximate surface area is 144 Å². The van der Waals surface area contributed by atoms with Crippen LogP contribution in [-0.4, -0.2) is 40.8 Å². The summed E-state index contributed by atoms with van der Waals surface area (Å²) >= 11 is 0. The molecule has 1 aliphatic heterocycles. The Morgan fingerprint density at radius 2 is 1.80 bits per heavy atom. The van der Waals surface area contributed by atoms with Gasteiger partial charge in [-0.3, -0.25) is 19.3 Å². The van der Waals surface area contributed by atoms with Crippen LogP contribution in [0.1, 0.15) is 33.2 Å². The number of hydrogen-bond donors (Lipinski definition) is 1. The summed E-state index contributed by atoms with van der Waals surface area (Å²) < 4.78 is 5.40. The minimum atomic E-state index is -0.452. The highest BCUT2D eigenvalue weighted by atomic mass is 16.5. The van der Waals surface area contributed by atoms with E-state index in [2.05, 4.69) is 10.3 Å². The van der Waals surface area contributed by atoms with Gasteiger partial charge in [0.05, 0.1) is 17.7 Å². The Morgan fingerprint density at radius 3 is 2.44 bits per heavy atom. The lowest BCUT2D eigenvalue weighted by Crippen LogP contribution is -2.40. The third-order valence-electron chi connectivity index (χ3n) is 3.79. The lowest BCUT2D eigenvalue weighted by molar-refractivity contribution is -0.121. The van der Waals surface area contributed by atoms with Crippen molar-refractivity contribution in [1.82, 2.24) is 15.2 Å². The maximum atomic E-state index is 12.3. The number of carbonyl (C=O) groups excluding carboxylic acids is 3. The molecule has 0 spiro atoms. The van der Waals surface area contributed by atoms with Gasteiger partial charge in [0, 0.05) is 18.3 Å². The first-order valence-electron chi connectivity index (χ1n) is 7.90. The first-order valence-corrected chi connectivity index (χ1v) is 7.90. The first kappa shape index (κ1) is 16.6. The average molecular weight is 339 g/mol. The van der Waals surface area contributed by atoms with Crippen LogP contribution in [0, 0.1) is 0 Å². The van der Waals surface area contributed by atoms with Gasteiger partial charge in [0.2, 0.25) is 11.8 Å². The lowest BCUT2D eigenvalue weighted by Gasteiger charge is -2.14. The normalized spacial score (nSPS) is 12.9. The van der Waals surface area contributed by atoms with Crippen molar-refractivity contribution in [3.05, 3.63) is 59.3 Å². The Hall–Kier alpha value is -3.22. The van der Waals surface area contributed by atoms with E-state index in [-0.39, 0.29) is 13.1 Å². The molecule has 3 rings (SSSR count). The molecular formula is C18H17N3O4. The maximum Gasteiger partial charge on any atom is 0.262 e. The average Bonchev–Trinajstić information content (AvgIpc) is 2.87. The maximum absolute atomic E-state index is 12.3. The summed E-state index contributed by atoms with van der Waals surface area (Å²) in [4.78, 5) is 41.7. The van der Waals surface area contributed by atoms with Gasteiger partial charge in [0.1, 0.15) is 6.54 Å². The quantitative estimate of drug-likeness (QED) is 0.804. The molecule has 0 aliphatic carbocycles. The standard InChI is InChI=1S/C18H17N3O4/c1-2-25-16-12(6-5-9-19-16)10-20-15(22)11-21-17(23)13-7-3-4-8-14(13)18(21)24/h3-9H,2,10-11H2,1H3,(H,20,22). The van der Waals surface area contributed by atoms with Crippen LogP contribution in [0.4, 0.5) is 0 Å². The second-order valence-corrected chi connectivity index (χ2v) is 5.42. The van der Waals surface area contributed by atoms with Crippen molar-refractivity contribution in [3.63, 3.8) is 0 Å². The van der Waals surface area contributed by atoms with Crippen LogP contribution in [-0.2, 0) is 11.3 Å². The van der Waals surface area contributed by atoms with Gasteiger partial charge in [-0.25, -0.2) is 4.98 Å². The topological polar surface area (TPSA) is 88.6 Å². The van der Waals surface area contributed by atoms with Crippen molar-refractivity contribution in [2.24, 2.45) is 0 Å². The van der Waals surface area contributed by atoms with Crippen LogP contribution in [0.5, 0.6) is 5.88 Å². The van der Waals surface area contributed by atoms with Crippen molar-refractivity contribution in [3.8, 4) is 5.88 Å². The van der Waals surface area contributed by atoms with Crippen LogP contribution < -0.4 is 10.1 Å². The minimum absolute atomic E-state index is 0.200. The fourth-order valence-corrected chi connectivity index (χ4v) is 2.60. The number of nitrogens with one attached hydrogen (secondary N) is 1. The fraction of sp³-hybridized carbons (Fsp3) is 0.222. The first-order chi connectivity index (χ1) is 12.1. The van der Waals surface area contributed by atoms with E-state index < -0.39 is 17.7 Å². The number of carbonyl (C=O) groups is 3. The number of fused-ring (bicyclic) bond motifs is 1. The molecule has 2 heterocycles. The SMILES string of the molecule is CCOc1ncccc1CNC(=O)CN1C(=O)c2ccccc2C1=O.